The number of amidine groups is 1. The Morgan fingerprint density at radius 1 is 1.13 bits per heavy atom. The Bertz CT molecular complexity index is 1090. The molecule has 30 heavy (non-hydrogen) atoms. The molecule has 0 N–H and O–H groups in total. The van der Waals surface area contributed by atoms with E-state index in [1.165, 1.54) is 12.1 Å². The number of carbonyl (C=O) groups excluding carboxylic acids is 1. The SMILES string of the molecule is CC(c1ccc(F)cc1)N(C)C(=O)C1CCN(C2=NS(=O)(=O)c3ccccc32)CC1. The van der Waals surface area contributed by atoms with E-state index in [9.17, 15) is 17.6 Å². The van der Waals surface area contributed by atoms with Gasteiger partial charge in [-0.1, -0.05) is 24.3 Å². The third-order valence-corrected chi connectivity index (χ3v) is 7.36. The molecule has 2 aromatic rings. The maximum absolute atomic E-state index is 13.2. The quantitative estimate of drug-likeness (QED) is 0.751. The lowest BCUT2D eigenvalue weighted by atomic mass is 9.93. The van der Waals surface area contributed by atoms with Crippen LogP contribution in [0.1, 0.15) is 36.9 Å². The van der Waals surface area contributed by atoms with Crippen LogP contribution >= 0.6 is 0 Å². The van der Waals surface area contributed by atoms with Crippen LogP contribution in [0.15, 0.2) is 57.8 Å². The van der Waals surface area contributed by atoms with Crippen LogP contribution < -0.4 is 0 Å². The van der Waals surface area contributed by atoms with Crippen LogP contribution in [0, 0.1) is 11.7 Å². The first-order chi connectivity index (χ1) is 14.3. The summed E-state index contributed by atoms with van der Waals surface area (Å²) in [5, 5.41) is 0. The first-order valence-corrected chi connectivity index (χ1v) is 11.4. The fourth-order valence-electron chi connectivity index (χ4n) is 4.10. The van der Waals surface area contributed by atoms with Crippen molar-refractivity contribution in [3.8, 4) is 0 Å². The van der Waals surface area contributed by atoms with Crippen molar-refractivity contribution in [2.75, 3.05) is 20.1 Å². The van der Waals surface area contributed by atoms with Gasteiger partial charge in [-0.15, -0.1) is 4.40 Å². The lowest BCUT2D eigenvalue weighted by Crippen LogP contribution is -2.44. The molecule has 0 aliphatic carbocycles. The highest BCUT2D eigenvalue weighted by atomic mass is 32.2. The third-order valence-electron chi connectivity index (χ3n) is 6.04. The predicted octanol–water partition coefficient (Wildman–Crippen LogP) is 3.21. The molecule has 0 spiro atoms. The van der Waals surface area contributed by atoms with Gasteiger partial charge in [0, 0.05) is 31.6 Å². The molecule has 4 rings (SSSR count). The van der Waals surface area contributed by atoms with Crippen LogP contribution in [-0.4, -0.2) is 50.1 Å². The average Bonchev–Trinajstić information content (AvgIpc) is 3.04. The zero-order valence-electron chi connectivity index (χ0n) is 17.0. The summed E-state index contributed by atoms with van der Waals surface area (Å²) in [5.41, 5.74) is 1.51. The lowest BCUT2D eigenvalue weighted by Gasteiger charge is -2.35. The van der Waals surface area contributed by atoms with Crippen molar-refractivity contribution in [2.24, 2.45) is 10.3 Å². The lowest BCUT2D eigenvalue weighted by molar-refractivity contribution is -0.137. The molecule has 1 unspecified atom stereocenters. The minimum atomic E-state index is -3.65. The highest BCUT2D eigenvalue weighted by molar-refractivity contribution is 7.90. The average molecular weight is 430 g/mol. The van der Waals surface area contributed by atoms with E-state index in [1.807, 2.05) is 11.8 Å². The number of nitrogens with zero attached hydrogens (tertiary/aromatic N) is 3. The Balaban J connectivity index is 1.42. The predicted molar refractivity (Wildman–Crippen MR) is 112 cm³/mol. The van der Waals surface area contributed by atoms with Crippen molar-refractivity contribution in [1.29, 1.82) is 0 Å². The summed E-state index contributed by atoms with van der Waals surface area (Å²) in [6.45, 7) is 3.06. The number of hydrogen-bond acceptors (Lipinski definition) is 4. The van der Waals surface area contributed by atoms with Crippen molar-refractivity contribution >= 4 is 21.8 Å². The molecule has 0 bridgehead atoms. The summed E-state index contributed by atoms with van der Waals surface area (Å²) in [5.74, 6) is 0.0890. The number of rotatable bonds is 3. The van der Waals surface area contributed by atoms with E-state index in [0.717, 1.165) is 5.56 Å². The number of sulfonamides is 1. The summed E-state index contributed by atoms with van der Waals surface area (Å²) in [6.07, 6.45) is 1.25. The second-order valence-corrected chi connectivity index (χ2v) is 9.40. The van der Waals surface area contributed by atoms with Crippen LogP contribution in [-0.2, 0) is 14.8 Å². The molecule has 8 heteroatoms. The Morgan fingerprint density at radius 3 is 2.43 bits per heavy atom. The van der Waals surface area contributed by atoms with E-state index in [1.54, 1.807) is 48.3 Å². The molecule has 0 aromatic heterocycles. The van der Waals surface area contributed by atoms with Crippen molar-refractivity contribution in [2.45, 2.75) is 30.7 Å². The summed E-state index contributed by atoms with van der Waals surface area (Å²) in [6, 6.07) is 12.9. The number of benzene rings is 2. The molecule has 1 atom stereocenters. The monoisotopic (exact) mass is 429 g/mol. The maximum atomic E-state index is 13.2. The molecule has 2 aliphatic rings. The topological polar surface area (TPSA) is 70.1 Å². The minimum absolute atomic E-state index is 0.0489. The highest BCUT2D eigenvalue weighted by Gasteiger charge is 2.35. The summed E-state index contributed by atoms with van der Waals surface area (Å²) >= 11 is 0. The largest absolute Gasteiger partial charge is 0.355 e. The minimum Gasteiger partial charge on any atom is -0.355 e. The van der Waals surface area contributed by atoms with Gasteiger partial charge in [-0.3, -0.25) is 4.79 Å². The second kappa shape index (κ2) is 7.83. The van der Waals surface area contributed by atoms with E-state index in [4.69, 9.17) is 0 Å². The van der Waals surface area contributed by atoms with E-state index in [-0.39, 0.29) is 28.6 Å². The molecule has 6 nitrogen and oxygen atoms in total. The number of likely N-dealkylation sites (tertiary alicyclic amines) is 1. The zero-order chi connectivity index (χ0) is 21.5. The first-order valence-electron chi connectivity index (χ1n) is 9.99. The number of halogens is 1. The molecule has 2 heterocycles. The molecule has 2 aromatic carbocycles. The molecule has 158 valence electrons. The molecule has 1 fully saturated rings. The Morgan fingerprint density at radius 2 is 1.77 bits per heavy atom. The van der Waals surface area contributed by atoms with Crippen molar-refractivity contribution in [3.05, 3.63) is 65.5 Å². The van der Waals surface area contributed by atoms with Gasteiger partial charge in [-0.2, -0.15) is 8.42 Å². The van der Waals surface area contributed by atoms with Gasteiger partial charge in [-0.05, 0) is 49.6 Å². The van der Waals surface area contributed by atoms with E-state index in [0.29, 0.717) is 37.3 Å². The fourth-order valence-corrected chi connectivity index (χ4v) is 5.33. The fraction of sp³-hybridized carbons (Fsp3) is 0.364. The van der Waals surface area contributed by atoms with E-state index < -0.39 is 10.0 Å². The van der Waals surface area contributed by atoms with Crippen LogP contribution in [0.3, 0.4) is 0 Å². The molecule has 0 saturated carbocycles. The number of fused-ring (bicyclic) bond motifs is 1. The van der Waals surface area contributed by atoms with Crippen LogP contribution in [0.4, 0.5) is 4.39 Å². The molecule has 1 saturated heterocycles. The maximum Gasteiger partial charge on any atom is 0.285 e. The third kappa shape index (κ3) is 3.71. The molecular formula is C22H24FN3O3S. The number of carbonyl (C=O) groups is 1. The van der Waals surface area contributed by atoms with Gasteiger partial charge in [0.05, 0.1) is 6.04 Å². The summed E-state index contributed by atoms with van der Waals surface area (Å²) in [7, 11) is -1.88. The number of hydrogen-bond donors (Lipinski definition) is 0. The first kappa shape index (κ1) is 20.5. The van der Waals surface area contributed by atoms with Gasteiger partial charge in [0.2, 0.25) is 5.91 Å². The van der Waals surface area contributed by atoms with Crippen molar-refractivity contribution in [3.63, 3.8) is 0 Å². The van der Waals surface area contributed by atoms with Crippen LogP contribution in [0.2, 0.25) is 0 Å². The zero-order valence-corrected chi connectivity index (χ0v) is 17.8. The smallest absolute Gasteiger partial charge is 0.285 e. The second-order valence-electron chi connectivity index (χ2n) is 7.82. The van der Waals surface area contributed by atoms with E-state index >= 15 is 0 Å². The molecule has 1 amide bonds. The van der Waals surface area contributed by atoms with E-state index in [2.05, 4.69) is 4.40 Å². The standard InChI is InChI=1S/C22H24FN3O3S/c1-15(16-7-9-18(23)10-8-16)25(2)22(27)17-11-13-26(14-12-17)21-19-5-3-4-6-20(19)30(28,29)24-21/h3-10,15,17H,11-14H2,1-2H3. The van der Waals surface area contributed by atoms with Gasteiger partial charge in [0.15, 0.2) is 5.84 Å². The summed E-state index contributed by atoms with van der Waals surface area (Å²) < 4.78 is 41.8. The number of amides is 1. The van der Waals surface area contributed by atoms with Gasteiger partial charge < -0.3 is 9.80 Å². The molecular weight excluding hydrogens is 405 g/mol. The Labute approximate surface area is 176 Å². The van der Waals surface area contributed by atoms with Crippen molar-refractivity contribution in [1.82, 2.24) is 9.80 Å². The normalized spacial score (nSPS) is 19.2. The van der Waals surface area contributed by atoms with Gasteiger partial charge >= 0.3 is 0 Å². The summed E-state index contributed by atoms with van der Waals surface area (Å²) in [4.78, 5) is 16.9. The van der Waals surface area contributed by atoms with Crippen molar-refractivity contribution < 1.29 is 17.6 Å². The van der Waals surface area contributed by atoms with Gasteiger partial charge in [-0.25, -0.2) is 4.39 Å². The number of piperidine rings is 1. The Hall–Kier alpha value is -2.74. The Kier molecular flexibility index (Phi) is 5.36. The van der Waals surface area contributed by atoms with Gasteiger partial charge in [0.25, 0.3) is 10.0 Å². The van der Waals surface area contributed by atoms with Gasteiger partial charge in [0.1, 0.15) is 10.7 Å². The molecule has 2 aliphatic heterocycles. The highest BCUT2D eigenvalue weighted by Crippen LogP contribution is 2.31. The van der Waals surface area contributed by atoms with Crippen LogP contribution in [0.5, 0.6) is 0 Å². The van der Waals surface area contributed by atoms with Crippen LogP contribution in [0.25, 0.3) is 0 Å². The molecule has 0 radical (unpaired) electrons.